The van der Waals surface area contributed by atoms with Crippen molar-refractivity contribution in [3.8, 4) is 5.75 Å². The molecule has 0 fully saturated rings. The predicted octanol–water partition coefficient (Wildman–Crippen LogP) is 2.56. The van der Waals surface area contributed by atoms with Crippen molar-refractivity contribution in [3.63, 3.8) is 0 Å². The standard InChI is InChI=1S/C15H20N2O2/c1-4-11-17-14(9-10-16-17)15(2,18)12-7-5-6-8-13(12)19-3/h5-10,18H,4,11H2,1-3H3. The van der Waals surface area contributed by atoms with Crippen LogP contribution < -0.4 is 4.74 Å². The fraction of sp³-hybridized carbons (Fsp3) is 0.400. The third-order valence-corrected chi connectivity index (χ3v) is 3.28. The van der Waals surface area contributed by atoms with Gasteiger partial charge >= 0.3 is 0 Å². The summed E-state index contributed by atoms with van der Waals surface area (Å²) in [6.45, 7) is 4.64. The summed E-state index contributed by atoms with van der Waals surface area (Å²) in [5.74, 6) is 0.678. The number of ether oxygens (including phenoxy) is 1. The minimum Gasteiger partial charge on any atom is -0.496 e. The van der Waals surface area contributed by atoms with Crippen molar-refractivity contribution in [3.05, 3.63) is 47.8 Å². The van der Waals surface area contributed by atoms with E-state index in [0.29, 0.717) is 5.75 Å². The molecule has 102 valence electrons. The second-order valence-electron chi connectivity index (χ2n) is 4.71. The lowest BCUT2D eigenvalue weighted by Gasteiger charge is -2.26. The minimum absolute atomic E-state index is 0.678. The molecule has 0 radical (unpaired) electrons. The van der Waals surface area contributed by atoms with Crippen LogP contribution >= 0.6 is 0 Å². The maximum absolute atomic E-state index is 10.9. The predicted molar refractivity (Wildman–Crippen MR) is 74.2 cm³/mol. The van der Waals surface area contributed by atoms with Crippen LogP contribution in [0, 0.1) is 0 Å². The van der Waals surface area contributed by atoms with Gasteiger partial charge in [0.25, 0.3) is 0 Å². The molecule has 0 saturated heterocycles. The van der Waals surface area contributed by atoms with Crippen molar-refractivity contribution in [2.75, 3.05) is 7.11 Å². The Balaban J connectivity index is 2.49. The Morgan fingerprint density at radius 2 is 2.05 bits per heavy atom. The average molecular weight is 260 g/mol. The van der Waals surface area contributed by atoms with E-state index in [1.165, 1.54) is 0 Å². The number of aryl methyl sites for hydroxylation is 1. The topological polar surface area (TPSA) is 47.3 Å². The fourth-order valence-corrected chi connectivity index (χ4v) is 2.32. The third kappa shape index (κ3) is 2.49. The van der Waals surface area contributed by atoms with Crippen LogP contribution in [-0.4, -0.2) is 22.0 Å². The molecule has 0 saturated carbocycles. The van der Waals surface area contributed by atoms with Crippen molar-refractivity contribution in [1.29, 1.82) is 0 Å². The molecule has 1 aromatic heterocycles. The smallest absolute Gasteiger partial charge is 0.132 e. The van der Waals surface area contributed by atoms with Gasteiger partial charge in [-0.15, -0.1) is 0 Å². The molecular formula is C15H20N2O2. The maximum atomic E-state index is 10.9. The van der Waals surface area contributed by atoms with Gasteiger partial charge in [0.05, 0.1) is 12.8 Å². The highest BCUT2D eigenvalue weighted by atomic mass is 16.5. The van der Waals surface area contributed by atoms with E-state index < -0.39 is 5.60 Å². The molecule has 0 bridgehead atoms. The number of aromatic nitrogens is 2. The number of nitrogens with zero attached hydrogens (tertiary/aromatic N) is 2. The van der Waals surface area contributed by atoms with E-state index in [4.69, 9.17) is 4.74 Å². The number of aliphatic hydroxyl groups is 1. The first-order chi connectivity index (χ1) is 9.11. The van der Waals surface area contributed by atoms with E-state index in [0.717, 1.165) is 24.2 Å². The number of para-hydroxylation sites is 1. The molecule has 4 heteroatoms. The molecule has 2 aromatic rings. The van der Waals surface area contributed by atoms with E-state index in [1.807, 2.05) is 35.0 Å². The minimum atomic E-state index is -1.13. The summed E-state index contributed by atoms with van der Waals surface area (Å²) in [4.78, 5) is 0. The van der Waals surface area contributed by atoms with Gasteiger partial charge in [-0.2, -0.15) is 5.10 Å². The van der Waals surface area contributed by atoms with Gasteiger partial charge in [-0.3, -0.25) is 4.68 Å². The van der Waals surface area contributed by atoms with E-state index in [1.54, 1.807) is 20.2 Å². The van der Waals surface area contributed by atoms with Gasteiger partial charge in [0, 0.05) is 18.3 Å². The molecule has 0 aliphatic heterocycles. The van der Waals surface area contributed by atoms with Crippen LogP contribution in [0.15, 0.2) is 36.5 Å². The first-order valence-corrected chi connectivity index (χ1v) is 6.49. The summed E-state index contributed by atoms with van der Waals surface area (Å²) in [6, 6.07) is 9.36. The highest BCUT2D eigenvalue weighted by molar-refractivity contribution is 5.42. The molecule has 0 amide bonds. The summed E-state index contributed by atoms with van der Waals surface area (Å²) in [6.07, 6.45) is 2.69. The molecule has 1 unspecified atom stereocenters. The lowest BCUT2D eigenvalue weighted by atomic mass is 9.91. The molecule has 2 rings (SSSR count). The Hall–Kier alpha value is -1.81. The van der Waals surface area contributed by atoms with Crippen LogP contribution in [0.3, 0.4) is 0 Å². The van der Waals surface area contributed by atoms with Crippen LogP contribution in [0.4, 0.5) is 0 Å². The molecule has 0 aliphatic rings. The summed E-state index contributed by atoms with van der Waals surface area (Å²) >= 11 is 0. The lowest BCUT2D eigenvalue weighted by Crippen LogP contribution is -2.27. The van der Waals surface area contributed by atoms with Crippen LogP contribution in [-0.2, 0) is 12.1 Å². The molecule has 19 heavy (non-hydrogen) atoms. The summed E-state index contributed by atoms with van der Waals surface area (Å²) in [5.41, 5.74) is 0.396. The largest absolute Gasteiger partial charge is 0.496 e. The summed E-state index contributed by atoms with van der Waals surface area (Å²) in [7, 11) is 1.61. The Morgan fingerprint density at radius 1 is 1.32 bits per heavy atom. The van der Waals surface area contributed by atoms with E-state index in [2.05, 4.69) is 12.0 Å². The molecule has 1 heterocycles. The monoisotopic (exact) mass is 260 g/mol. The molecule has 0 aliphatic carbocycles. The van der Waals surface area contributed by atoms with Crippen LogP contribution in [0.25, 0.3) is 0 Å². The van der Waals surface area contributed by atoms with Gasteiger partial charge in [0.1, 0.15) is 11.4 Å². The van der Waals surface area contributed by atoms with Gasteiger partial charge in [-0.25, -0.2) is 0 Å². The van der Waals surface area contributed by atoms with Crippen LogP contribution in [0.1, 0.15) is 31.5 Å². The van der Waals surface area contributed by atoms with Gasteiger partial charge in [-0.1, -0.05) is 25.1 Å². The SMILES string of the molecule is CCCn1nccc1C(C)(O)c1ccccc1OC. The highest BCUT2D eigenvalue weighted by Gasteiger charge is 2.31. The Labute approximate surface area is 113 Å². The first kappa shape index (κ1) is 13.6. The molecule has 4 nitrogen and oxygen atoms in total. The van der Waals surface area contributed by atoms with Crippen molar-refractivity contribution in [2.45, 2.75) is 32.4 Å². The molecule has 1 atom stereocenters. The van der Waals surface area contributed by atoms with E-state index >= 15 is 0 Å². The molecule has 0 spiro atoms. The molecular weight excluding hydrogens is 240 g/mol. The highest BCUT2D eigenvalue weighted by Crippen LogP contribution is 2.34. The molecule has 1 N–H and O–H groups in total. The van der Waals surface area contributed by atoms with Crippen LogP contribution in [0.2, 0.25) is 0 Å². The van der Waals surface area contributed by atoms with Gasteiger partial charge in [0.2, 0.25) is 0 Å². The fourth-order valence-electron chi connectivity index (χ4n) is 2.32. The number of methoxy groups -OCH3 is 1. The van der Waals surface area contributed by atoms with E-state index in [-0.39, 0.29) is 0 Å². The zero-order chi connectivity index (χ0) is 13.9. The van der Waals surface area contributed by atoms with Crippen molar-refractivity contribution in [2.24, 2.45) is 0 Å². The number of hydrogen-bond acceptors (Lipinski definition) is 3. The van der Waals surface area contributed by atoms with Crippen molar-refractivity contribution < 1.29 is 9.84 Å². The normalized spacial score (nSPS) is 14.1. The second-order valence-corrected chi connectivity index (χ2v) is 4.71. The maximum Gasteiger partial charge on any atom is 0.132 e. The first-order valence-electron chi connectivity index (χ1n) is 6.49. The Kier molecular flexibility index (Phi) is 3.90. The average Bonchev–Trinajstić information content (AvgIpc) is 2.88. The number of benzene rings is 1. The summed E-state index contributed by atoms with van der Waals surface area (Å²) < 4.78 is 7.18. The third-order valence-electron chi connectivity index (χ3n) is 3.28. The van der Waals surface area contributed by atoms with Gasteiger partial charge in [0.15, 0.2) is 0 Å². The number of rotatable bonds is 5. The van der Waals surface area contributed by atoms with Crippen molar-refractivity contribution >= 4 is 0 Å². The Morgan fingerprint density at radius 3 is 2.74 bits per heavy atom. The van der Waals surface area contributed by atoms with E-state index in [9.17, 15) is 5.11 Å². The van der Waals surface area contributed by atoms with Gasteiger partial charge in [-0.05, 0) is 25.5 Å². The lowest BCUT2D eigenvalue weighted by molar-refractivity contribution is 0.0883. The Bertz CT molecular complexity index is 547. The zero-order valence-corrected chi connectivity index (χ0v) is 11.6. The van der Waals surface area contributed by atoms with Crippen molar-refractivity contribution in [1.82, 2.24) is 9.78 Å². The quantitative estimate of drug-likeness (QED) is 0.898. The second kappa shape index (κ2) is 5.45. The number of hydrogen-bond donors (Lipinski definition) is 1. The van der Waals surface area contributed by atoms with Crippen LogP contribution in [0.5, 0.6) is 5.75 Å². The molecule has 1 aromatic carbocycles. The van der Waals surface area contributed by atoms with Gasteiger partial charge < -0.3 is 9.84 Å². The zero-order valence-electron chi connectivity index (χ0n) is 11.6. The summed E-state index contributed by atoms with van der Waals surface area (Å²) in [5, 5.41) is 15.2.